The van der Waals surface area contributed by atoms with E-state index in [2.05, 4.69) is 10.3 Å². The van der Waals surface area contributed by atoms with Crippen LogP contribution in [0.25, 0.3) is 0 Å². The SMILES string of the molecule is CNCc1ccc(Oc2cccc(COC)c2)nc1C. The highest BCUT2D eigenvalue weighted by atomic mass is 16.5. The number of rotatable bonds is 6. The monoisotopic (exact) mass is 272 g/mol. The number of hydrogen-bond acceptors (Lipinski definition) is 4. The Bertz CT molecular complexity index is 570. The van der Waals surface area contributed by atoms with E-state index in [-0.39, 0.29) is 0 Å². The number of hydrogen-bond donors (Lipinski definition) is 1. The van der Waals surface area contributed by atoms with Crippen LogP contribution in [0.3, 0.4) is 0 Å². The topological polar surface area (TPSA) is 43.4 Å². The maximum atomic E-state index is 5.79. The minimum absolute atomic E-state index is 0.574. The van der Waals surface area contributed by atoms with Crippen molar-refractivity contribution in [2.24, 2.45) is 0 Å². The molecule has 1 aromatic carbocycles. The van der Waals surface area contributed by atoms with Gasteiger partial charge in [0.15, 0.2) is 0 Å². The second kappa shape index (κ2) is 7.03. The Morgan fingerprint density at radius 2 is 2.05 bits per heavy atom. The van der Waals surface area contributed by atoms with Crippen LogP contribution in [0, 0.1) is 6.92 Å². The Morgan fingerprint density at radius 1 is 1.20 bits per heavy atom. The fraction of sp³-hybridized carbons (Fsp3) is 0.312. The first-order valence-electron chi connectivity index (χ1n) is 6.60. The molecule has 0 radical (unpaired) electrons. The van der Waals surface area contributed by atoms with E-state index in [1.165, 1.54) is 5.56 Å². The summed E-state index contributed by atoms with van der Waals surface area (Å²) >= 11 is 0. The minimum atomic E-state index is 0.574. The first-order chi connectivity index (χ1) is 9.72. The van der Waals surface area contributed by atoms with Gasteiger partial charge in [-0.3, -0.25) is 0 Å². The number of pyridine rings is 1. The van der Waals surface area contributed by atoms with Gasteiger partial charge in [0, 0.05) is 25.4 Å². The molecular weight excluding hydrogens is 252 g/mol. The Balaban J connectivity index is 2.13. The van der Waals surface area contributed by atoms with Gasteiger partial charge in [-0.05, 0) is 37.2 Å². The number of aromatic nitrogens is 1. The Kier molecular flexibility index (Phi) is 5.09. The predicted molar refractivity (Wildman–Crippen MR) is 79.0 cm³/mol. The zero-order valence-electron chi connectivity index (χ0n) is 12.1. The van der Waals surface area contributed by atoms with Crippen LogP contribution in [0.2, 0.25) is 0 Å². The van der Waals surface area contributed by atoms with E-state index in [1.807, 2.05) is 50.4 Å². The second-order valence-corrected chi connectivity index (χ2v) is 4.61. The molecule has 0 saturated heterocycles. The lowest BCUT2D eigenvalue weighted by molar-refractivity contribution is 0.184. The molecule has 0 aliphatic carbocycles. The molecule has 0 unspecified atom stereocenters. The molecule has 1 aromatic heterocycles. The first kappa shape index (κ1) is 14.5. The van der Waals surface area contributed by atoms with Gasteiger partial charge in [0.1, 0.15) is 5.75 Å². The molecule has 0 aliphatic heterocycles. The summed E-state index contributed by atoms with van der Waals surface area (Å²) in [4.78, 5) is 4.47. The average molecular weight is 272 g/mol. The van der Waals surface area contributed by atoms with Gasteiger partial charge < -0.3 is 14.8 Å². The molecule has 0 spiro atoms. The van der Waals surface area contributed by atoms with E-state index in [0.717, 1.165) is 23.6 Å². The molecular formula is C16H20N2O2. The molecule has 20 heavy (non-hydrogen) atoms. The largest absolute Gasteiger partial charge is 0.439 e. The van der Waals surface area contributed by atoms with Crippen molar-refractivity contribution in [3.63, 3.8) is 0 Å². The van der Waals surface area contributed by atoms with Gasteiger partial charge in [0.2, 0.25) is 5.88 Å². The normalized spacial score (nSPS) is 10.6. The third-order valence-electron chi connectivity index (χ3n) is 2.97. The summed E-state index contributed by atoms with van der Waals surface area (Å²) in [6.45, 7) is 3.37. The molecule has 4 nitrogen and oxygen atoms in total. The van der Waals surface area contributed by atoms with Crippen molar-refractivity contribution in [2.75, 3.05) is 14.2 Å². The quantitative estimate of drug-likeness (QED) is 0.877. The van der Waals surface area contributed by atoms with Crippen LogP contribution < -0.4 is 10.1 Å². The molecule has 1 N–H and O–H groups in total. The number of benzene rings is 1. The van der Waals surface area contributed by atoms with Gasteiger partial charge in [-0.25, -0.2) is 4.98 Å². The van der Waals surface area contributed by atoms with Crippen molar-refractivity contribution in [1.29, 1.82) is 0 Å². The summed E-state index contributed by atoms with van der Waals surface area (Å²) in [5, 5.41) is 3.12. The first-order valence-corrected chi connectivity index (χ1v) is 6.60. The van der Waals surface area contributed by atoms with Crippen LogP contribution in [-0.2, 0) is 17.9 Å². The maximum Gasteiger partial charge on any atom is 0.219 e. The van der Waals surface area contributed by atoms with Crippen LogP contribution >= 0.6 is 0 Å². The fourth-order valence-electron chi connectivity index (χ4n) is 1.99. The van der Waals surface area contributed by atoms with Crippen LogP contribution in [0.4, 0.5) is 0 Å². The molecule has 0 aliphatic rings. The number of aryl methyl sites for hydroxylation is 1. The van der Waals surface area contributed by atoms with Gasteiger partial charge in [-0.1, -0.05) is 18.2 Å². The molecule has 2 rings (SSSR count). The highest BCUT2D eigenvalue weighted by molar-refractivity contribution is 5.33. The molecule has 0 saturated carbocycles. The lowest BCUT2D eigenvalue weighted by atomic mass is 10.2. The van der Waals surface area contributed by atoms with E-state index in [4.69, 9.17) is 9.47 Å². The standard InChI is InChI=1S/C16H20N2O2/c1-12-14(10-17-2)7-8-16(18-12)20-15-6-4-5-13(9-15)11-19-3/h4-9,17H,10-11H2,1-3H3. The summed E-state index contributed by atoms with van der Waals surface area (Å²) in [7, 11) is 3.60. The molecule has 0 bridgehead atoms. The summed E-state index contributed by atoms with van der Waals surface area (Å²) in [5.41, 5.74) is 3.23. The molecule has 0 atom stereocenters. The minimum Gasteiger partial charge on any atom is -0.439 e. The molecule has 106 valence electrons. The van der Waals surface area contributed by atoms with Gasteiger partial charge >= 0.3 is 0 Å². The van der Waals surface area contributed by atoms with Crippen molar-refractivity contribution in [3.8, 4) is 11.6 Å². The Morgan fingerprint density at radius 3 is 2.75 bits per heavy atom. The molecule has 0 amide bonds. The summed E-state index contributed by atoms with van der Waals surface area (Å²) in [6, 6.07) is 11.8. The van der Waals surface area contributed by atoms with Crippen LogP contribution in [-0.4, -0.2) is 19.1 Å². The summed E-state index contributed by atoms with van der Waals surface area (Å²) in [5.74, 6) is 1.38. The second-order valence-electron chi connectivity index (χ2n) is 4.61. The van der Waals surface area contributed by atoms with Gasteiger partial charge in [-0.2, -0.15) is 0 Å². The molecule has 4 heteroatoms. The molecule has 2 aromatic rings. The third-order valence-corrected chi connectivity index (χ3v) is 2.97. The highest BCUT2D eigenvalue weighted by Crippen LogP contribution is 2.22. The highest BCUT2D eigenvalue weighted by Gasteiger charge is 2.04. The zero-order valence-corrected chi connectivity index (χ0v) is 12.1. The molecule has 1 heterocycles. The van der Waals surface area contributed by atoms with E-state index >= 15 is 0 Å². The van der Waals surface area contributed by atoms with Crippen molar-refractivity contribution < 1.29 is 9.47 Å². The van der Waals surface area contributed by atoms with Gasteiger partial charge in [0.05, 0.1) is 6.61 Å². The summed E-state index contributed by atoms with van der Waals surface area (Å²) < 4.78 is 10.9. The van der Waals surface area contributed by atoms with Crippen molar-refractivity contribution in [2.45, 2.75) is 20.1 Å². The fourth-order valence-corrected chi connectivity index (χ4v) is 1.99. The number of nitrogens with one attached hydrogen (secondary N) is 1. The number of ether oxygens (including phenoxy) is 2. The number of nitrogens with zero attached hydrogens (tertiary/aromatic N) is 1. The van der Waals surface area contributed by atoms with Crippen molar-refractivity contribution in [3.05, 3.63) is 53.2 Å². The van der Waals surface area contributed by atoms with Gasteiger partial charge in [-0.15, -0.1) is 0 Å². The lowest BCUT2D eigenvalue weighted by Crippen LogP contribution is -2.07. The van der Waals surface area contributed by atoms with Crippen molar-refractivity contribution in [1.82, 2.24) is 10.3 Å². The van der Waals surface area contributed by atoms with Crippen LogP contribution in [0.1, 0.15) is 16.8 Å². The van der Waals surface area contributed by atoms with Crippen molar-refractivity contribution >= 4 is 0 Å². The Labute approximate surface area is 119 Å². The average Bonchev–Trinajstić information content (AvgIpc) is 2.43. The van der Waals surface area contributed by atoms with Crippen LogP contribution in [0.5, 0.6) is 11.6 Å². The summed E-state index contributed by atoms with van der Waals surface area (Å²) in [6.07, 6.45) is 0. The molecule has 0 fully saturated rings. The smallest absolute Gasteiger partial charge is 0.219 e. The van der Waals surface area contributed by atoms with E-state index in [1.54, 1.807) is 7.11 Å². The number of methoxy groups -OCH3 is 1. The van der Waals surface area contributed by atoms with E-state index in [0.29, 0.717) is 12.5 Å². The zero-order chi connectivity index (χ0) is 14.4. The van der Waals surface area contributed by atoms with E-state index < -0.39 is 0 Å². The van der Waals surface area contributed by atoms with Gasteiger partial charge in [0.25, 0.3) is 0 Å². The van der Waals surface area contributed by atoms with Crippen LogP contribution in [0.15, 0.2) is 36.4 Å². The lowest BCUT2D eigenvalue weighted by Gasteiger charge is -2.09. The predicted octanol–water partition coefficient (Wildman–Crippen LogP) is 3.05. The maximum absolute atomic E-state index is 5.79. The van der Waals surface area contributed by atoms with E-state index in [9.17, 15) is 0 Å². The Hall–Kier alpha value is -1.91. The third kappa shape index (κ3) is 3.79.